The minimum absolute atomic E-state index is 0.308. The van der Waals surface area contributed by atoms with Crippen LogP contribution in [0.5, 0.6) is 0 Å². The van der Waals surface area contributed by atoms with Crippen molar-refractivity contribution in [2.45, 2.75) is 6.54 Å². The lowest BCUT2D eigenvalue weighted by Gasteiger charge is -2.36. The van der Waals surface area contributed by atoms with Gasteiger partial charge < -0.3 is 14.9 Å². The molecule has 2 aromatic rings. The number of aliphatic carboxylic acids is 1. The number of carboxylic acids is 1. The zero-order valence-electron chi connectivity index (χ0n) is 12.5. The second-order valence-electron chi connectivity index (χ2n) is 5.26. The molecule has 0 amide bonds. The van der Waals surface area contributed by atoms with Gasteiger partial charge in [0.25, 0.3) is 5.56 Å². The summed E-state index contributed by atoms with van der Waals surface area (Å²) in [5.41, 5.74) is 0.733. The van der Waals surface area contributed by atoms with Crippen LogP contribution in [0.1, 0.15) is 0 Å². The SMILES string of the molecule is O=C(O)Cn1ccnc(N2CCN(c3ccncc3)CC2)c1=O. The highest BCUT2D eigenvalue weighted by Gasteiger charge is 2.21. The van der Waals surface area contributed by atoms with Crippen molar-refractivity contribution in [1.29, 1.82) is 0 Å². The normalized spacial score (nSPS) is 14.8. The molecule has 1 saturated heterocycles. The molecular formula is C15H17N5O3. The van der Waals surface area contributed by atoms with Gasteiger partial charge >= 0.3 is 5.97 Å². The highest BCUT2D eigenvalue weighted by atomic mass is 16.4. The second-order valence-corrected chi connectivity index (χ2v) is 5.26. The van der Waals surface area contributed by atoms with Gasteiger partial charge in [0, 0.05) is 56.7 Å². The molecule has 0 saturated carbocycles. The first-order valence-corrected chi connectivity index (χ1v) is 7.32. The van der Waals surface area contributed by atoms with Crippen molar-refractivity contribution < 1.29 is 9.90 Å². The summed E-state index contributed by atoms with van der Waals surface area (Å²) in [6.45, 7) is 2.48. The van der Waals surface area contributed by atoms with E-state index in [9.17, 15) is 9.59 Å². The Bertz CT molecular complexity index is 738. The van der Waals surface area contributed by atoms with E-state index in [0.29, 0.717) is 18.9 Å². The van der Waals surface area contributed by atoms with Gasteiger partial charge in [-0.05, 0) is 12.1 Å². The van der Waals surface area contributed by atoms with Gasteiger partial charge in [-0.1, -0.05) is 0 Å². The van der Waals surface area contributed by atoms with Gasteiger partial charge in [0.05, 0.1) is 0 Å². The molecule has 8 heteroatoms. The van der Waals surface area contributed by atoms with E-state index in [-0.39, 0.29) is 12.1 Å². The zero-order chi connectivity index (χ0) is 16.2. The summed E-state index contributed by atoms with van der Waals surface area (Å²) >= 11 is 0. The molecule has 0 aromatic carbocycles. The quantitative estimate of drug-likeness (QED) is 0.852. The molecule has 23 heavy (non-hydrogen) atoms. The van der Waals surface area contributed by atoms with Gasteiger partial charge in [-0.2, -0.15) is 0 Å². The van der Waals surface area contributed by atoms with E-state index in [1.54, 1.807) is 12.4 Å². The van der Waals surface area contributed by atoms with Gasteiger partial charge in [0.2, 0.25) is 0 Å². The first-order valence-electron chi connectivity index (χ1n) is 7.32. The first kappa shape index (κ1) is 15.0. The first-order chi connectivity index (χ1) is 11.1. The molecule has 8 nitrogen and oxygen atoms in total. The van der Waals surface area contributed by atoms with Gasteiger partial charge in [-0.25, -0.2) is 4.98 Å². The summed E-state index contributed by atoms with van der Waals surface area (Å²) in [5, 5.41) is 8.85. The largest absolute Gasteiger partial charge is 0.480 e. The van der Waals surface area contributed by atoms with Crippen molar-refractivity contribution in [2.24, 2.45) is 0 Å². The zero-order valence-corrected chi connectivity index (χ0v) is 12.5. The topological polar surface area (TPSA) is 91.6 Å². The third-order valence-electron chi connectivity index (χ3n) is 3.81. The fourth-order valence-corrected chi connectivity index (χ4v) is 2.65. The van der Waals surface area contributed by atoms with Crippen molar-refractivity contribution in [3.8, 4) is 0 Å². The molecule has 0 unspecified atom stereocenters. The Morgan fingerprint density at radius 2 is 1.74 bits per heavy atom. The van der Waals surface area contributed by atoms with E-state index in [1.807, 2.05) is 17.0 Å². The van der Waals surface area contributed by atoms with Crippen LogP contribution in [0, 0.1) is 0 Å². The Labute approximate surface area is 132 Å². The summed E-state index contributed by atoms with van der Waals surface area (Å²) in [6.07, 6.45) is 6.37. The molecule has 3 rings (SSSR count). The Morgan fingerprint density at radius 1 is 1.09 bits per heavy atom. The van der Waals surface area contributed by atoms with Gasteiger partial charge in [-0.3, -0.25) is 19.1 Å². The lowest BCUT2D eigenvalue weighted by Crippen LogP contribution is -2.49. The number of carbonyl (C=O) groups is 1. The monoisotopic (exact) mass is 315 g/mol. The fraction of sp³-hybridized carbons (Fsp3) is 0.333. The van der Waals surface area contributed by atoms with Gasteiger partial charge in [0.15, 0.2) is 5.82 Å². The van der Waals surface area contributed by atoms with Crippen molar-refractivity contribution in [3.05, 3.63) is 47.3 Å². The lowest BCUT2D eigenvalue weighted by molar-refractivity contribution is -0.137. The lowest BCUT2D eigenvalue weighted by atomic mass is 10.2. The van der Waals surface area contributed by atoms with Crippen molar-refractivity contribution in [2.75, 3.05) is 36.0 Å². The Balaban J connectivity index is 1.73. The Kier molecular flexibility index (Phi) is 4.22. The maximum atomic E-state index is 12.3. The smallest absolute Gasteiger partial charge is 0.323 e. The molecule has 0 bridgehead atoms. The predicted octanol–water partition coefficient (Wildman–Crippen LogP) is 0.0495. The van der Waals surface area contributed by atoms with Crippen molar-refractivity contribution in [3.63, 3.8) is 0 Å². The summed E-state index contributed by atoms with van der Waals surface area (Å²) in [7, 11) is 0. The van der Waals surface area contributed by atoms with E-state index in [1.165, 1.54) is 17.0 Å². The van der Waals surface area contributed by atoms with Crippen LogP contribution < -0.4 is 15.4 Å². The molecular weight excluding hydrogens is 298 g/mol. The summed E-state index contributed by atoms with van der Waals surface area (Å²) < 4.78 is 1.17. The molecule has 0 atom stereocenters. The van der Waals surface area contributed by atoms with Gasteiger partial charge in [-0.15, -0.1) is 0 Å². The number of anilines is 2. The van der Waals surface area contributed by atoms with E-state index in [0.717, 1.165) is 18.8 Å². The highest BCUT2D eigenvalue weighted by molar-refractivity contribution is 5.66. The van der Waals surface area contributed by atoms with E-state index < -0.39 is 5.97 Å². The third kappa shape index (κ3) is 3.31. The molecule has 1 aliphatic heterocycles. The summed E-state index contributed by atoms with van der Waals surface area (Å²) in [4.78, 5) is 35.4. The maximum Gasteiger partial charge on any atom is 0.323 e. The fourth-order valence-electron chi connectivity index (χ4n) is 2.65. The molecule has 0 radical (unpaired) electrons. The number of carboxylic acid groups (broad SMARTS) is 1. The summed E-state index contributed by atoms with van der Waals surface area (Å²) in [5.74, 6) is -0.741. The van der Waals surface area contributed by atoms with E-state index >= 15 is 0 Å². The molecule has 3 heterocycles. The number of hydrogen-bond acceptors (Lipinski definition) is 6. The Morgan fingerprint density at radius 3 is 2.39 bits per heavy atom. The third-order valence-corrected chi connectivity index (χ3v) is 3.81. The average Bonchev–Trinajstić information content (AvgIpc) is 2.57. The van der Waals surface area contributed by atoms with E-state index in [2.05, 4.69) is 14.9 Å². The van der Waals surface area contributed by atoms with Crippen LogP contribution in [0.15, 0.2) is 41.7 Å². The van der Waals surface area contributed by atoms with E-state index in [4.69, 9.17) is 5.11 Å². The molecule has 1 N–H and O–H groups in total. The average molecular weight is 315 g/mol. The van der Waals surface area contributed by atoms with Crippen molar-refractivity contribution in [1.82, 2.24) is 14.5 Å². The maximum absolute atomic E-state index is 12.3. The van der Waals surface area contributed by atoms with Crippen LogP contribution >= 0.6 is 0 Å². The summed E-state index contributed by atoms with van der Waals surface area (Å²) in [6, 6.07) is 3.91. The number of pyridine rings is 1. The van der Waals surface area contributed by atoms with Crippen LogP contribution in [0.4, 0.5) is 11.5 Å². The number of piperazine rings is 1. The van der Waals surface area contributed by atoms with Crippen LogP contribution in [0.25, 0.3) is 0 Å². The molecule has 0 spiro atoms. The number of hydrogen-bond donors (Lipinski definition) is 1. The Hall–Kier alpha value is -2.90. The number of rotatable bonds is 4. The number of aromatic nitrogens is 3. The van der Waals surface area contributed by atoms with Crippen LogP contribution in [0.2, 0.25) is 0 Å². The molecule has 2 aromatic heterocycles. The molecule has 0 aliphatic carbocycles. The van der Waals surface area contributed by atoms with Crippen LogP contribution in [-0.2, 0) is 11.3 Å². The molecule has 120 valence electrons. The second kappa shape index (κ2) is 6.47. The minimum atomic E-state index is -1.05. The minimum Gasteiger partial charge on any atom is -0.480 e. The molecule has 1 fully saturated rings. The standard InChI is InChI=1S/C15H17N5O3/c21-13(22)11-20-6-5-17-14(15(20)23)19-9-7-18(8-10-19)12-1-3-16-4-2-12/h1-6H,7-11H2,(H,21,22). The van der Waals surface area contributed by atoms with Gasteiger partial charge in [0.1, 0.15) is 6.54 Å². The van der Waals surface area contributed by atoms with Crippen molar-refractivity contribution >= 4 is 17.5 Å². The number of nitrogens with zero attached hydrogens (tertiary/aromatic N) is 5. The molecule has 1 aliphatic rings. The highest BCUT2D eigenvalue weighted by Crippen LogP contribution is 2.16. The van der Waals surface area contributed by atoms with Crippen LogP contribution in [0.3, 0.4) is 0 Å². The van der Waals surface area contributed by atoms with Crippen LogP contribution in [-0.4, -0.2) is 51.8 Å². The predicted molar refractivity (Wildman–Crippen MR) is 84.8 cm³/mol.